The van der Waals surface area contributed by atoms with Gasteiger partial charge in [0.2, 0.25) is 0 Å². The van der Waals surface area contributed by atoms with Crippen LogP contribution < -0.4 is 0 Å². The summed E-state index contributed by atoms with van der Waals surface area (Å²) < 4.78 is 5.21. The summed E-state index contributed by atoms with van der Waals surface area (Å²) in [5.41, 5.74) is 0. The molecule has 1 aliphatic rings. The summed E-state index contributed by atoms with van der Waals surface area (Å²) in [6, 6.07) is 0. The Morgan fingerprint density at radius 1 is 1.24 bits per heavy atom. The number of hydrogen-bond acceptors (Lipinski definition) is 5. The lowest BCUT2D eigenvalue weighted by Gasteiger charge is -2.35. The van der Waals surface area contributed by atoms with Gasteiger partial charge in [-0.05, 0) is 0 Å². The molecule has 0 spiro atoms. The Morgan fingerprint density at radius 3 is 2.47 bits per heavy atom. The zero-order valence-electron chi connectivity index (χ0n) is 10.4. The molecular formula is C12H24N2O3. The number of β-amino-alcohol motifs (C(OH)–C–C–N with tert-alkyl or cyclic N) is 2. The maximum absolute atomic E-state index is 9.74. The molecule has 17 heavy (non-hydrogen) atoms. The highest BCUT2D eigenvalue weighted by Gasteiger charge is 2.18. The van der Waals surface area contributed by atoms with E-state index >= 15 is 0 Å². The topological polar surface area (TPSA) is 56.2 Å². The monoisotopic (exact) mass is 244 g/mol. The first-order valence-electron chi connectivity index (χ1n) is 6.18. The quantitative estimate of drug-likeness (QED) is 0.431. The minimum atomic E-state index is -0.431. The van der Waals surface area contributed by atoms with Gasteiger partial charge in [0.1, 0.15) is 0 Å². The van der Waals surface area contributed by atoms with E-state index in [1.165, 1.54) is 0 Å². The smallest absolute Gasteiger partial charge is 0.0900 e. The summed E-state index contributed by atoms with van der Waals surface area (Å²) in [6.07, 6.45) is 1.25. The van der Waals surface area contributed by atoms with E-state index in [-0.39, 0.29) is 6.61 Å². The molecule has 1 fully saturated rings. The first-order valence-corrected chi connectivity index (χ1v) is 6.18. The fourth-order valence-electron chi connectivity index (χ4n) is 1.98. The maximum Gasteiger partial charge on any atom is 0.0900 e. The molecule has 0 saturated carbocycles. The van der Waals surface area contributed by atoms with Crippen LogP contribution in [0.3, 0.4) is 0 Å². The number of ether oxygens (including phenoxy) is 1. The molecule has 0 unspecified atom stereocenters. The van der Waals surface area contributed by atoms with Gasteiger partial charge < -0.3 is 14.9 Å². The van der Waals surface area contributed by atoms with Crippen molar-refractivity contribution < 1.29 is 14.9 Å². The van der Waals surface area contributed by atoms with Gasteiger partial charge in [-0.2, -0.15) is 0 Å². The van der Waals surface area contributed by atoms with Crippen LogP contribution in [0.2, 0.25) is 0 Å². The van der Waals surface area contributed by atoms with Crippen LogP contribution in [-0.2, 0) is 4.74 Å². The maximum atomic E-state index is 9.74. The van der Waals surface area contributed by atoms with Crippen molar-refractivity contribution in [3.05, 3.63) is 12.7 Å². The summed E-state index contributed by atoms with van der Waals surface area (Å²) in [5, 5.41) is 18.6. The third-order valence-corrected chi connectivity index (χ3v) is 2.90. The molecule has 5 nitrogen and oxygen atoms in total. The van der Waals surface area contributed by atoms with E-state index in [1.807, 2.05) is 0 Å². The van der Waals surface area contributed by atoms with Crippen molar-refractivity contribution in [1.82, 2.24) is 9.80 Å². The van der Waals surface area contributed by atoms with Gasteiger partial charge >= 0.3 is 0 Å². The predicted octanol–water partition coefficient (Wildman–Crippen LogP) is -0.840. The molecule has 0 bridgehead atoms. The van der Waals surface area contributed by atoms with Gasteiger partial charge in [-0.15, -0.1) is 6.58 Å². The van der Waals surface area contributed by atoms with Gasteiger partial charge in [0, 0.05) is 39.3 Å². The van der Waals surface area contributed by atoms with Crippen molar-refractivity contribution in [2.75, 3.05) is 59.1 Å². The average molecular weight is 244 g/mol. The third-order valence-electron chi connectivity index (χ3n) is 2.90. The van der Waals surface area contributed by atoms with Crippen LogP contribution >= 0.6 is 0 Å². The van der Waals surface area contributed by atoms with Crippen LogP contribution in [0.15, 0.2) is 12.7 Å². The largest absolute Gasteiger partial charge is 0.395 e. The molecule has 1 aliphatic heterocycles. The van der Waals surface area contributed by atoms with Crippen molar-refractivity contribution >= 4 is 0 Å². The SMILES string of the molecule is C=CCOC[C@H](O)CN1CCN(CCO)CC1. The lowest BCUT2D eigenvalue weighted by atomic mass is 10.2. The fraction of sp³-hybridized carbons (Fsp3) is 0.833. The summed E-state index contributed by atoms with van der Waals surface area (Å²) in [7, 11) is 0. The van der Waals surface area contributed by atoms with Gasteiger partial charge in [-0.25, -0.2) is 0 Å². The van der Waals surface area contributed by atoms with Gasteiger partial charge in [-0.1, -0.05) is 6.08 Å². The Bertz CT molecular complexity index is 206. The Morgan fingerprint density at radius 2 is 1.88 bits per heavy atom. The van der Waals surface area contributed by atoms with Crippen molar-refractivity contribution in [2.45, 2.75) is 6.10 Å². The molecule has 100 valence electrons. The van der Waals surface area contributed by atoms with E-state index in [4.69, 9.17) is 9.84 Å². The van der Waals surface area contributed by atoms with Crippen LogP contribution in [0.4, 0.5) is 0 Å². The molecule has 0 amide bonds. The molecule has 0 radical (unpaired) electrons. The first-order chi connectivity index (χ1) is 8.26. The zero-order valence-corrected chi connectivity index (χ0v) is 10.4. The molecule has 0 aromatic heterocycles. The van der Waals surface area contributed by atoms with Crippen LogP contribution in [-0.4, -0.2) is 85.2 Å². The Labute approximate surface area is 103 Å². The Kier molecular flexibility index (Phi) is 7.39. The first kappa shape index (κ1) is 14.6. The molecule has 0 aromatic rings. The molecular weight excluding hydrogens is 220 g/mol. The van der Waals surface area contributed by atoms with Crippen molar-refractivity contribution in [3.63, 3.8) is 0 Å². The second-order valence-electron chi connectivity index (χ2n) is 4.35. The second kappa shape index (κ2) is 8.60. The second-order valence-corrected chi connectivity index (χ2v) is 4.35. The molecule has 1 atom stereocenters. The number of aliphatic hydroxyl groups excluding tert-OH is 2. The zero-order chi connectivity index (χ0) is 12.5. The van der Waals surface area contributed by atoms with E-state index in [2.05, 4.69) is 16.4 Å². The Hall–Kier alpha value is -0.460. The molecule has 1 rings (SSSR count). The fourth-order valence-corrected chi connectivity index (χ4v) is 1.98. The number of aliphatic hydroxyl groups is 2. The van der Waals surface area contributed by atoms with E-state index in [1.54, 1.807) is 6.08 Å². The number of nitrogens with zero attached hydrogens (tertiary/aromatic N) is 2. The van der Waals surface area contributed by atoms with Crippen LogP contribution in [0, 0.1) is 0 Å². The Balaban J connectivity index is 2.10. The molecule has 5 heteroatoms. The van der Waals surface area contributed by atoms with Gasteiger partial charge in [0.25, 0.3) is 0 Å². The van der Waals surface area contributed by atoms with Crippen LogP contribution in [0.25, 0.3) is 0 Å². The predicted molar refractivity (Wildman–Crippen MR) is 67.0 cm³/mol. The number of piperazine rings is 1. The van der Waals surface area contributed by atoms with Gasteiger partial charge in [-0.3, -0.25) is 9.80 Å². The lowest BCUT2D eigenvalue weighted by Crippen LogP contribution is -2.49. The summed E-state index contributed by atoms with van der Waals surface area (Å²) >= 11 is 0. The minimum absolute atomic E-state index is 0.220. The standard InChI is InChI=1S/C12H24N2O3/c1-2-9-17-11-12(16)10-14-5-3-13(4-6-14)7-8-15/h2,12,15-16H,1,3-11H2/t12-/m1/s1. The molecule has 0 aromatic carbocycles. The summed E-state index contributed by atoms with van der Waals surface area (Å²) in [5.74, 6) is 0. The highest BCUT2D eigenvalue weighted by Crippen LogP contribution is 2.02. The van der Waals surface area contributed by atoms with Gasteiger partial charge in [0.05, 0.1) is 25.9 Å². The van der Waals surface area contributed by atoms with E-state index in [0.717, 1.165) is 32.7 Å². The molecule has 1 heterocycles. The van der Waals surface area contributed by atoms with Crippen molar-refractivity contribution in [3.8, 4) is 0 Å². The summed E-state index contributed by atoms with van der Waals surface area (Å²) in [4.78, 5) is 4.47. The van der Waals surface area contributed by atoms with E-state index in [0.29, 0.717) is 19.8 Å². The number of rotatable bonds is 8. The minimum Gasteiger partial charge on any atom is -0.395 e. The van der Waals surface area contributed by atoms with Gasteiger partial charge in [0.15, 0.2) is 0 Å². The van der Waals surface area contributed by atoms with Crippen molar-refractivity contribution in [2.24, 2.45) is 0 Å². The molecule has 2 N–H and O–H groups in total. The number of hydrogen-bond donors (Lipinski definition) is 2. The molecule has 1 saturated heterocycles. The molecule has 0 aliphatic carbocycles. The third kappa shape index (κ3) is 6.14. The highest BCUT2D eigenvalue weighted by molar-refractivity contribution is 4.74. The summed E-state index contributed by atoms with van der Waals surface area (Å²) in [6.45, 7) is 9.84. The van der Waals surface area contributed by atoms with Crippen LogP contribution in [0.5, 0.6) is 0 Å². The van der Waals surface area contributed by atoms with E-state index in [9.17, 15) is 5.11 Å². The lowest BCUT2D eigenvalue weighted by molar-refractivity contribution is 0.0136. The van der Waals surface area contributed by atoms with Crippen molar-refractivity contribution in [1.29, 1.82) is 0 Å². The van der Waals surface area contributed by atoms with E-state index < -0.39 is 6.10 Å². The van der Waals surface area contributed by atoms with Crippen LogP contribution in [0.1, 0.15) is 0 Å². The highest BCUT2D eigenvalue weighted by atomic mass is 16.5. The normalized spacial score (nSPS) is 20.4. The average Bonchev–Trinajstić information content (AvgIpc) is 2.32.